The molecule has 3 rings (SSSR count). The molecule has 1 aliphatic carbocycles. The molecule has 1 fully saturated rings. The number of ether oxygens (including phenoxy) is 1. The van der Waals surface area contributed by atoms with E-state index >= 15 is 0 Å². The van der Waals surface area contributed by atoms with Crippen LogP contribution in [0.5, 0.6) is 0 Å². The van der Waals surface area contributed by atoms with Gasteiger partial charge in [0.1, 0.15) is 0 Å². The topological polar surface area (TPSA) is 9.23 Å². The Balaban J connectivity index is 2.10. The fourth-order valence-corrected chi connectivity index (χ4v) is 4.22. The van der Waals surface area contributed by atoms with E-state index in [1.807, 2.05) is 0 Å². The number of methoxy groups -OCH3 is 1. The molecular formula is C17H17BrO. The summed E-state index contributed by atoms with van der Waals surface area (Å²) in [5, 5.41) is 0. The van der Waals surface area contributed by atoms with Crippen molar-refractivity contribution in [1.29, 1.82) is 0 Å². The summed E-state index contributed by atoms with van der Waals surface area (Å²) in [7, 11) is 1.77. The minimum absolute atomic E-state index is 0.0114. The van der Waals surface area contributed by atoms with Crippen molar-refractivity contribution in [3.05, 3.63) is 71.8 Å². The normalized spacial score (nSPS) is 24.1. The Hall–Kier alpha value is -1.12. The average molecular weight is 317 g/mol. The molecule has 2 aromatic rings. The Labute approximate surface area is 122 Å². The van der Waals surface area contributed by atoms with Gasteiger partial charge in [-0.25, -0.2) is 0 Å². The first-order valence-corrected chi connectivity index (χ1v) is 7.31. The van der Waals surface area contributed by atoms with Gasteiger partial charge in [-0.15, -0.1) is 0 Å². The standard InChI is InChI=1S/C17H17BrO/c1-19-13-16(18)12-17(16,14-8-4-2-5-9-14)15-10-6-3-7-11-15/h2-11H,12-13H2,1H3/t16-/m1/s1. The SMILES string of the molecule is COC[C@]1(Br)CC1(c1ccccc1)c1ccccc1. The number of benzene rings is 2. The van der Waals surface area contributed by atoms with Crippen LogP contribution in [0.3, 0.4) is 0 Å². The lowest BCUT2D eigenvalue weighted by molar-refractivity contribution is 0.192. The van der Waals surface area contributed by atoms with Crippen molar-refractivity contribution in [3.63, 3.8) is 0 Å². The van der Waals surface area contributed by atoms with Crippen molar-refractivity contribution in [2.24, 2.45) is 0 Å². The Bertz CT molecular complexity index is 512. The molecule has 0 N–H and O–H groups in total. The van der Waals surface area contributed by atoms with E-state index in [0.717, 1.165) is 13.0 Å². The summed E-state index contributed by atoms with van der Waals surface area (Å²) in [6.07, 6.45) is 1.07. The molecule has 1 aliphatic rings. The number of alkyl halides is 1. The molecular weight excluding hydrogens is 300 g/mol. The summed E-state index contributed by atoms with van der Waals surface area (Å²) in [6.45, 7) is 0.719. The molecule has 0 radical (unpaired) electrons. The molecule has 1 saturated carbocycles. The van der Waals surface area contributed by atoms with E-state index in [1.165, 1.54) is 11.1 Å². The summed E-state index contributed by atoms with van der Waals surface area (Å²) in [4.78, 5) is 0. The van der Waals surface area contributed by atoms with Gasteiger partial charge < -0.3 is 4.74 Å². The van der Waals surface area contributed by atoms with E-state index in [4.69, 9.17) is 4.74 Å². The maximum atomic E-state index is 5.42. The zero-order valence-corrected chi connectivity index (χ0v) is 12.6. The second-order valence-corrected chi connectivity index (χ2v) is 6.73. The molecule has 0 aliphatic heterocycles. The summed E-state index contributed by atoms with van der Waals surface area (Å²) >= 11 is 3.92. The monoisotopic (exact) mass is 316 g/mol. The first kappa shape index (κ1) is 12.9. The van der Waals surface area contributed by atoms with Gasteiger partial charge in [-0.3, -0.25) is 0 Å². The quantitative estimate of drug-likeness (QED) is 0.770. The van der Waals surface area contributed by atoms with Gasteiger partial charge >= 0.3 is 0 Å². The van der Waals surface area contributed by atoms with Crippen LogP contribution in [-0.4, -0.2) is 18.0 Å². The Kier molecular flexibility index (Phi) is 3.23. The van der Waals surface area contributed by atoms with Crippen LogP contribution in [0.15, 0.2) is 60.7 Å². The highest BCUT2D eigenvalue weighted by molar-refractivity contribution is 9.10. The Morgan fingerprint density at radius 2 is 1.42 bits per heavy atom. The lowest BCUT2D eigenvalue weighted by Gasteiger charge is -2.22. The number of rotatable bonds is 4. The smallest absolute Gasteiger partial charge is 0.0640 e. The third-order valence-electron chi connectivity index (χ3n) is 4.09. The van der Waals surface area contributed by atoms with Crippen LogP contribution in [0.4, 0.5) is 0 Å². The number of hydrogen-bond acceptors (Lipinski definition) is 1. The summed E-state index contributed by atoms with van der Waals surface area (Å²) < 4.78 is 5.43. The van der Waals surface area contributed by atoms with Crippen LogP contribution < -0.4 is 0 Å². The third kappa shape index (κ3) is 1.94. The fourth-order valence-electron chi connectivity index (χ4n) is 3.11. The van der Waals surface area contributed by atoms with Gasteiger partial charge in [-0.1, -0.05) is 76.6 Å². The molecule has 1 nitrogen and oxygen atoms in total. The zero-order valence-electron chi connectivity index (χ0n) is 11.0. The summed E-state index contributed by atoms with van der Waals surface area (Å²) in [5.74, 6) is 0. The molecule has 0 bridgehead atoms. The highest BCUT2D eigenvalue weighted by Crippen LogP contribution is 2.66. The van der Waals surface area contributed by atoms with Crippen LogP contribution in [0, 0.1) is 0 Å². The van der Waals surface area contributed by atoms with Crippen molar-refractivity contribution in [2.75, 3.05) is 13.7 Å². The minimum Gasteiger partial charge on any atom is -0.383 e. The second-order valence-electron chi connectivity index (χ2n) is 5.21. The molecule has 0 amide bonds. The van der Waals surface area contributed by atoms with E-state index < -0.39 is 0 Å². The fraction of sp³-hybridized carbons (Fsp3) is 0.294. The number of hydrogen-bond donors (Lipinski definition) is 0. The van der Waals surface area contributed by atoms with Crippen LogP contribution in [0.2, 0.25) is 0 Å². The molecule has 98 valence electrons. The molecule has 1 atom stereocenters. The van der Waals surface area contributed by atoms with Gasteiger partial charge in [0.25, 0.3) is 0 Å². The van der Waals surface area contributed by atoms with Gasteiger partial charge in [0.05, 0.1) is 10.9 Å². The predicted octanol–water partition coefficient (Wildman–Crippen LogP) is 4.16. The van der Waals surface area contributed by atoms with Crippen molar-refractivity contribution < 1.29 is 4.74 Å². The average Bonchev–Trinajstić information content (AvgIpc) is 3.08. The molecule has 0 heterocycles. The molecule has 0 unspecified atom stereocenters. The van der Waals surface area contributed by atoms with Gasteiger partial charge in [0.15, 0.2) is 0 Å². The minimum atomic E-state index is 0.0114. The molecule has 0 aromatic heterocycles. The predicted molar refractivity (Wildman–Crippen MR) is 81.8 cm³/mol. The number of halogens is 1. The van der Waals surface area contributed by atoms with Crippen LogP contribution >= 0.6 is 15.9 Å². The van der Waals surface area contributed by atoms with Crippen LogP contribution in [0.1, 0.15) is 17.5 Å². The molecule has 19 heavy (non-hydrogen) atoms. The highest BCUT2D eigenvalue weighted by atomic mass is 79.9. The lowest BCUT2D eigenvalue weighted by atomic mass is 9.86. The maximum absolute atomic E-state index is 5.42. The second kappa shape index (κ2) is 4.77. The molecule has 2 heteroatoms. The highest BCUT2D eigenvalue weighted by Gasteiger charge is 2.67. The van der Waals surface area contributed by atoms with E-state index in [0.29, 0.717) is 0 Å². The van der Waals surface area contributed by atoms with E-state index in [1.54, 1.807) is 7.11 Å². The van der Waals surface area contributed by atoms with Crippen LogP contribution in [0.25, 0.3) is 0 Å². The Morgan fingerprint density at radius 3 is 1.84 bits per heavy atom. The maximum Gasteiger partial charge on any atom is 0.0640 e. The van der Waals surface area contributed by atoms with Crippen molar-refractivity contribution >= 4 is 15.9 Å². The van der Waals surface area contributed by atoms with Gasteiger partial charge in [0, 0.05) is 12.5 Å². The van der Waals surface area contributed by atoms with Crippen molar-refractivity contribution in [3.8, 4) is 0 Å². The van der Waals surface area contributed by atoms with Crippen molar-refractivity contribution in [2.45, 2.75) is 16.2 Å². The van der Waals surface area contributed by atoms with E-state index in [2.05, 4.69) is 76.6 Å². The zero-order chi connectivity index (χ0) is 13.3. The summed E-state index contributed by atoms with van der Waals surface area (Å²) in [5.41, 5.74) is 2.75. The molecule has 0 saturated heterocycles. The first-order chi connectivity index (χ1) is 9.23. The van der Waals surface area contributed by atoms with Gasteiger partial charge in [-0.05, 0) is 17.5 Å². The van der Waals surface area contributed by atoms with Gasteiger partial charge in [-0.2, -0.15) is 0 Å². The molecule has 0 spiro atoms. The van der Waals surface area contributed by atoms with Crippen molar-refractivity contribution in [1.82, 2.24) is 0 Å². The first-order valence-electron chi connectivity index (χ1n) is 6.52. The van der Waals surface area contributed by atoms with Crippen LogP contribution in [-0.2, 0) is 10.2 Å². The lowest BCUT2D eigenvalue weighted by Crippen LogP contribution is -2.24. The van der Waals surface area contributed by atoms with E-state index in [-0.39, 0.29) is 9.74 Å². The summed E-state index contributed by atoms with van der Waals surface area (Å²) in [6, 6.07) is 21.4. The van der Waals surface area contributed by atoms with E-state index in [9.17, 15) is 0 Å². The Morgan fingerprint density at radius 1 is 0.947 bits per heavy atom. The van der Waals surface area contributed by atoms with Gasteiger partial charge in [0.2, 0.25) is 0 Å². The third-order valence-corrected chi connectivity index (χ3v) is 5.28. The molecule has 2 aromatic carbocycles. The largest absolute Gasteiger partial charge is 0.383 e.